The van der Waals surface area contributed by atoms with Gasteiger partial charge in [-0.3, -0.25) is 0 Å². The lowest BCUT2D eigenvalue weighted by Gasteiger charge is -2.12. The summed E-state index contributed by atoms with van der Waals surface area (Å²) in [6.45, 7) is 4.83. The van der Waals surface area contributed by atoms with Gasteiger partial charge in [-0.25, -0.2) is 0 Å². The maximum Gasteiger partial charge on any atom is 0.162 e. The number of hydrogen-bond donors (Lipinski definition) is 2. The van der Waals surface area contributed by atoms with Crippen molar-refractivity contribution in [3.63, 3.8) is 0 Å². The van der Waals surface area contributed by atoms with E-state index in [9.17, 15) is 0 Å². The third kappa shape index (κ3) is 9.94. The van der Waals surface area contributed by atoms with E-state index in [-0.39, 0.29) is 5.92 Å². The summed E-state index contributed by atoms with van der Waals surface area (Å²) in [7, 11) is 0. The van der Waals surface area contributed by atoms with Crippen LogP contribution in [0.5, 0.6) is 0 Å². The van der Waals surface area contributed by atoms with Gasteiger partial charge >= 0.3 is 0 Å². The number of thiol groups is 2. The molecule has 6 heteroatoms. The molecule has 0 bridgehead atoms. The first-order valence-corrected chi connectivity index (χ1v) is 7.29. The van der Waals surface area contributed by atoms with E-state index >= 15 is 0 Å². The van der Waals surface area contributed by atoms with Crippen molar-refractivity contribution in [3.8, 4) is 0 Å². The lowest BCUT2D eigenvalue weighted by atomic mass is 10.1. The van der Waals surface area contributed by atoms with Crippen molar-refractivity contribution in [3.05, 3.63) is 24.2 Å². The summed E-state index contributed by atoms with van der Waals surface area (Å²) in [6, 6.07) is 3.84. The Balaban J connectivity index is 0.000000631. The van der Waals surface area contributed by atoms with E-state index in [0.29, 0.717) is 15.2 Å². The van der Waals surface area contributed by atoms with Gasteiger partial charge in [0.15, 0.2) is 5.05 Å². The minimum absolute atomic E-state index is 0.239. The molecule has 0 spiro atoms. The first-order valence-electron chi connectivity index (χ1n) is 5.58. The maximum atomic E-state index is 5.39. The molecule has 0 saturated heterocycles. The van der Waals surface area contributed by atoms with Gasteiger partial charge in [0.1, 0.15) is 5.76 Å². The topological polar surface area (TPSA) is 22.4 Å². The minimum atomic E-state index is 0.239. The summed E-state index contributed by atoms with van der Waals surface area (Å²) >= 11 is 16.5. The Morgan fingerprint density at radius 3 is 2.50 bits per heavy atom. The predicted octanol–water partition coefficient (Wildman–Crippen LogP) is 4.34. The molecule has 1 unspecified atom stereocenters. The Labute approximate surface area is 130 Å². The fourth-order valence-electron chi connectivity index (χ4n) is 1.16. The second-order valence-electron chi connectivity index (χ2n) is 3.63. The zero-order valence-electron chi connectivity index (χ0n) is 10.5. The van der Waals surface area contributed by atoms with E-state index < -0.39 is 0 Å². The lowest BCUT2D eigenvalue weighted by Crippen LogP contribution is -2.15. The molecule has 0 fully saturated rings. The van der Waals surface area contributed by atoms with Crippen LogP contribution in [0.25, 0.3) is 0 Å². The van der Waals surface area contributed by atoms with Crippen molar-refractivity contribution >= 4 is 58.3 Å². The van der Waals surface area contributed by atoms with Crippen molar-refractivity contribution in [1.82, 2.24) is 0 Å². The maximum absolute atomic E-state index is 5.39. The van der Waals surface area contributed by atoms with Gasteiger partial charge in [0.2, 0.25) is 0 Å². The molecule has 0 aromatic carbocycles. The molecule has 0 aliphatic heterocycles. The number of ether oxygens (including phenoxy) is 1. The van der Waals surface area contributed by atoms with Crippen molar-refractivity contribution in [1.29, 1.82) is 0 Å². The largest absolute Gasteiger partial charge is 0.487 e. The summed E-state index contributed by atoms with van der Waals surface area (Å²) in [6.07, 6.45) is 3.49. The van der Waals surface area contributed by atoms with E-state index in [4.69, 9.17) is 21.4 Å². The molecular weight excluding hydrogens is 304 g/mol. The van der Waals surface area contributed by atoms with Crippen molar-refractivity contribution in [2.45, 2.75) is 26.7 Å². The van der Waals surface area contributed by atoms with E-state index in [2.05, 4.69) is 51.3 Å². The van der Waals surface area contributed by atoms with Crippen LogP contribution in [0.15, 0.2) is 22.8 Å². The molecule has 1 rings (SSSR count). The van der Waals surface area contributed by atoms with Crippen molar-refractivity contribution in [2.75, 3.05) is 6.61 Å². The summed E-state index contributed by atoms with van der Waals surface area (Å²) in [5, 5.41) is 0.684. The molecule has 102 valence electrons. The van der Waals surface area contributed by atoms with Gasteiger partial charge in [0.25, 0.3) is 0 Å². The van der Waals surface area contributed by atoms with Crippen LogP contribution in [0.1, 0.15) is 26.0 Å². The minimum Gasteiger partial charge on any atom is -0.487 e. The molecule has 18 heavy (non-hydrogen) atoms. The Morgan fingerprint density at radius 1 is 1.44 bits per heavy atom. The number of thiocarbonyl (C=S) groups is 2. The lowest BCUT2D eigenvalue weighted by molar-refractivity contribution is 0.290. The first kappa shape index (κ1) is 18.0. The molecule has 0 saturated carbocycles. The molecule has 0 N–H and O–H groups in total. The smallest absolute Gasteiger partial charge is 0.162 e. The third-order valence-corrected chi connectivity index (χ3v) is 2.46. The molecule has 0 aliphatic carbocycles. The van der Waals surface area contributed by atoms with Crippen molar-refractivity contribution < 1.29 is 9.15 Å². The van der Waals surface area contributed by atoms with E-state index in [0.717, 1.165) is 18.6 Å². The molecule has 0 radical (unpaired) electrons. The van der Waals surface area contributed by atoms with Gasteiger partial charge in [-0.05, 0) is 30.8 Å². The fraction of sp³-hybridized carbons (Fsp3) is 0.500. The second kappa shape index (κ2) is 10.8. The van der Waals surface area contributed by atoms with Crippen LogP contribution in [-0.2, 0) is 11.2 Å². The van der Waals surface area contributed by atoms with Crippen molar-refractivity contribution in [2.24, 2.45) is 5.92 Å². The molecule has 1 aromatic heterocycles. The van der Waals surface area contributed by atoms with Crippen LogP contribution < -0.4 is 0 Å². The number of hydrogen-bond acceptors (Lipinski definition) is 4. The van der Waals surface area contributed by atoms with Crippen LogP contribution >= 0.6 is 49.7 Å². The van der Waals surface area contributed by atoms with Crippen LogP contribution in [0, 0.1) is 5.92 Å². The van der Waals surface area contributed by atoms with E-state index in [1.165, 1.54) is 0 Å². The predicted molar refractivity (Wildman–Crippen MR) is 91.0 cm³/mol. The molecule has 2 nitrogen and oxygen atoms in total. The number of rotatable bonds is 5. The van der Waals surface area contributed by atoms with E-state index in [1.807, 2.05) is 12.1 Å². The second-order valence-corrected chi connectivity index (χ2v) is 6.30. The Morgan fingerprint density at radius 2 is 2.06 bits per heavy atom. The molecule has 1 heterocycles. The zero-order chi connectivity index (χ0) is 14.0. The highest BCUT2D eigenvalue weighted by Gasteiger charge is 2.11. The Bertz CT molecular complexity index is 345. The van der Waals surface area contributed by atoms with Gasteiger partial charge in [0.05, 0.1) is 16.4 Å². The van der Waals surface area contributed by atoms with Gasteiger partial charge < -0.3 is 9.15 Å². The summed E-state index contributed by atoms with van der Waals surface area (Å²) in [5.41, 5.74) is 0. The quantitative estimate of drug-likeness (QED) is 0.621. The van der Waals surface area contributed by atoms with Crippen LogP contribution in [-0.4, -0.2) is 15.2 Å². The first-order chi connectivity index (χ1) is 8.47. The van der Waals surface area contributed by atoms with Gasteiger partial charge in [-0.15, -0.1) is 25.3 Å². The summed E-state index contributed by atoms with van der Waals surface area (Å²) < 4.78 is 11.0. The number of furan rings is 1. The summed E-state index contributed by atoms with van der Waals surface area (Å²) in [5.74, 6) is 1.20. The van der Waals surface area contributed by atoms with Crippen LogP contribution in [0.2, 0.25) is 0 Å². The summed E-state index contributed by atoms with van der Waals surface area (Å²) in [4.78, 5) is 0. The standard InChI is InChI=1S/C11H16O2S.CH2S3/c1-3-6-13-11(14)9(2)8-10-5-4-7-12-10;2-1(3)4/h4-5,7,9H,3,6,8H2,1-2H3;(H2,2,3,4). The molecule has 0 amide bonds. The van der Waals surface area contributed by atoms with Gasteiger partial charge in [-0.1, -0.05) is 26.1 Å². The molecular formula is C12H18O2S4. The average molecular weight is 323 g/mol. The molecule has 1 atom stereocenters. The van der Waals surface area contributed by atoms with E-state index in [1.54, 1.807) is 6.26 Å². The third-order valence-electron chi connectivity index (χ3n) is 1.94. The highest BCUT2D eigenvalue weighted by molar-refractivity contribution is 8.34. The monoisotopic (exact) mass is 322 g/mol. The highest BCUT2D eigenvalue weighted by Crippen LogP contribution is 2.11. The highest BCUT2D eigenvalue weighted by atomic mass is 32.2. The Hall–Kier alpha value is -0.0400. The van der Waals surface area contributed by atoms with Gasteiger partial charge in [-0.2, -0.15) is 0 Å². The normalized spacial score (nSPS) is 11.1. The van der Waals surface area contributed by atoms with Gasteiger partial charge in [0, 0.05) is 12.3 Å². The fourth-order valence-corrected chi connectivity index (χ4v) is 1.33. The SMILES string of the molecule is CCCOC(=S)C(C)Cc1ccco1.S=C(S)S. The van der Waals surface area contributed by atoms with Crippen LogP contribution in [0.3, 0.4) is 0 Å². The van der Waals surface area contributed by atoms with Crippen LogP contribution in [0.4, 0.5) is 0 Å². The molecule has 1 aromatic rings. The average Bonchev–Trinajstić information content (AvgIpc) is 2.77. The molecule has 0 aliphatic rings. The zero-order valence-corrected chi connectivity index (χ0v) is 13.9. The Kier molecular flexibility index (Phi) is 10.8.